The summed E-state index contributed by atoms with van der Waals surface area (Å²) in [7, 11) is 1.29. The molecule has 0 aliphatic heterocycles. The molecule has 1 rings (SSSR count). The normalized spacial score (nSPS) is 10.6. The van der Waals surface area contributed by atoms with Crippen molar-refractivity contribution < 1.29 is 9.53 Å². The Hall–Kier alpha value is -2.28. The highest BCUT2D eigenvalue weighted by atomic mass is 16.5. The zero-order valence-electron chi connectivity index (χ0n) is 8.93. The van der Waals surface area contributed by atoms with Gasteiger partial charge in [0.15, 0.2) is 0 Å². The van der Waals surface area contributed by atoms with Gasteiger partial charge in [0.25, 0.3) is 0 Å². The van der Waals surface area contributed by atoms with E-state index in [1.165, 1.54) is 7.11 Å². The number of nitrogens with two attached hydrogens (primary N) is 1. The van der Waals surface area contributed by atoms with Gasteiger partial charge < -0.3 is 10.5 Å². The van der Waals surface area contributed by atoms with E-state index >= 15 is 0 Å². The number of rotatable bonds is 3. The fourth-order valence-electron chi connectivity index (χ4n) is 1.18. The molecular formula is C12H12N2O2. The van der Waals surface area contributed by atoms with E-state index in [0.29, 0.717) is 11.3 Å². The molecule has 1 aromatic rings. The van der Waals surface area contributed by atoms with Crippen LogP contribution in [0.25, 0.3) is 6.08 Å². The third-order valence-corrected chi connectivity index (χ3v) is 2.03. The van der Waals surface area contributed by atoms with E-state index in [2.05, 4.69) is 4.74 Å². The van der Waals surface area contributed by atoms with Gasteiger partial charge in [0.1, 0.15) is 0 Å². The number of nitriles is 1. The largest absolute Gasteiger partial charge is 0.469 e. The first-order valence-corrected chi connectivity index (χ1v) is 4.69. The van der Waals surface area contributed by atoms with Crippen LogP contribution in [0.4, 0.5) is 5.69 Å². The van der Waals surface area contributed by atoms with Crippen LogP contribution in [-0.2, 0) is 9.53 Å². The molecule has 0 aliphatic carbocycles. The number of para-hydroxylation sites is 1. The van der Waals surface area contributed by atoms with E-state index in [4.69, 9.17) is 11.0 Å². The minimum atomic E-state index is -0.442. The molecule has 4 nitrogen and oxygen atoms in total. The molecule has 82 valence electrons. The Morgan fingerprint density at radius 1 is 1.56 bits per heavy atom. The predicted octanol–water partition coefficient (Wildman–Crippen LogP) is 1.74. The summed E-state index contributed by atoms with van der Waals surface area (Å²) in [4.78, 5) is 11.0. The van der Waals surface area contributed by atoms with E-state index in [9.17, 15) is 4.79 Å². The van der Waals surface area contributed by atoms with Gasteiger partial charge in [0.2, 0.25) is 0 Å². The maximum Gasteiger partial charge on any atom is 0.310 e. The molecular weight excluding hydrogens is 204 g/mol. The van der Waals surface area contributed by atoms with Gasteiger partial charge in [-0.1, -0.05) is 18.2 Å². The molecule has 0 atom stereocenters. The van der Waals surface area contributed by atoms with Crippen molar-refractivity contribution in [2.45, 2.75) is 6.42 Å². The summed E-state index contributed by atoms with van der Waals surface area (Å²) in [5.74, 6) is -0.442. The van der Waals surface area contributed by atoms with Crippen LogP contribution >= 0.6 is 0 Å². The van der Waals surface area contributed by atoms with Crippen molar-refractivity contribution in [1.82, 2.24) is 0 Å². The smallest absolute Gasteiger partial charge is 0.310 e. The Balaban J connectivity index is 2.93. The highest BCUT2D eigenvalue weighted by Crippen LogP contribution is 2.16. The van der Waals surface area contributed by atoms with Crippen LogP contribution in [0.15, 0.2) is 29.8 Å². The number of hydrogen-bond acceptors (Lipinski definition) is 4. The maximum atomic E-state index is 11.0. The molecule has 0 unspecified atom stereocenters. The zero-order chi connectivity index (χ0) is 12.0. The number of methoxy groups -OCH3 is 1. The summed E-state index contributed by atoms with van der Waals surface area (Å²) in [6, 6.07) is 9.08. The van der Waals surface area contributed by atoms with Gasteiger partial charge in [-0.15, -0.1) is 0 Å². The van der Waals surface area contributed by atoms with Crippen LogP contribution in [0.1, 0.15) is 12.0 Å². The molecule has 0 amide bonds. The number of esters is 1. The third-order valence-electron chi connectivity index (χ3n) is 2.03. The third kappa shape index (κ3) is 3.14. The lowest BCUT2D eigenvalue weighted by molar-refractivity contribution is -0.139. The Morgan fingerprint density at radius 2 is 2.25 bits per heavy atom. The predicted molar refractivity (Wildman–Crippen MR) is 61.1 cm³/mol. The van der Waals surface area contributed by atoms with E-state index in [-0.39, 0.29) is 6.42 Å². The standard InChI is InChI=1S/C12H12N2O2/c1-16-12(15)7-9(8-13)6-10-4-2-3-5-11(10)14/h2-6H,7,14H2,1H3/b9-6-. The van der Waals surface area contributed by atoms with Gasteiger partial charge in [-0.25, -0.2) is 0 Å². The second-order valence-corrected chi connectivity index (χ2v) is 3.16. The highest BCUT2D eigenvalue weighted by Gasteiger charge is 2.05. The molecule has 0 spiro atoms. The number of hydrogen-bond donors (Lipinski definition) is 1. The van der Waals surface area contributed by atoms with Gasteiger partial charge in [-0.05, 0) is 17.7 Å². The number of ether oxygens (including phenoxy) is 1. The Labute approximate surface area is 93.9 Å². The molecule has 4 heteroatoms. The molecule has 2 N–H and O–H groups in total. The lowest BCUT2D eigenvalue weighted by Crippen LogP contribution is -2.01. The van der Waals surface area contributed by atoms with Gasteiger partial charge in [-0.2, -0.15) is 5.26 Å². The molecule has 0 fully saturated rings. The summed E-state index contributed by atoms with van der Waals surface area (Å²) >= 11 is 0. The minimum absolute atomic E-state index is 0.0403. The van der Waals surface area contributed by atoms with E-state index < -0.39 is 5.97 Å². The lowest BCUT2D eigenvalue weighted by atomic mass is 10.1. The Bertz CT molecular complexity index is 458. The van der Waals surface area contributed by atoms with Crippen molar-refractivity contribution in [3.63, 3.8) is 0 Å². The number of nitrogens with zero attached hydrogens (tertiary/aromatic N) is 1. The number of carbonyl (C=O) groups is 1. The minimum Gasteiger partial charge on any atom is -0.469 e. The Morgan fingerprint density at radius 3 is 2.81 bits per heavy atom. The van der Waals surface area contributed by atoms with Gasteiger partial charge in [-0.3, -0.25) is 4.79 Å². The zero-order valence-corrected chi connectivity index (χ0v) is 8.93. The van der Waals surface area contributed by atoms with Crippen molar-refractivity contribution >= 4 is 17.7 Å². The molecule has 0 bridgehead atoms. The van der Waals surface area contributed by atoms with Crippen LogP contribution < -0.4 is 5.73 Å². The molecule has 0 radical (unpaired) electrons. The molecule has 0 saturated heterocycles. The topological polar surface area (TPSA) is 76.1 Å². The van der Waals surface area contributed by atoms with E-state index in [1.54, 1.807) is 24.3 Å². The van der Waals surface area contributed by atoms with Crippen molar-refractivity contribution in [1.29, 1.82) is 5.26 Å². The van der Waals surface area contributed by atoms with Crippen molar-refractivity contribution in [2.75, 3.05) is 12.8 Å². The molecule has 1 aromatic carbocycles. The summed E-state index contributed by atoms with van der Waals surface area (Å²) in [6.45, 7) is 0. The van der Waals surface area contributed by atoms with E-state index in [1.807, 2.05) is 12.1 Å². The molecule has 0 aliphatic rings. The summed E-state index contributed by atoms with van der Waals surface area (Å²) in [6.07, 6.45) is 1.55. The SMILES string of the molecule is COC(=O)C/C(C#N)=C/c1ccccc1N. The van der Waals surface area contributed by atoms with Gasteiger partial charge >= 0.3 is 5.97 Å². The number of nitrogen functional groups attached to an aromatic ring is 1. The van der Waals surface area contributed by atoms with Crippen LogP contribution in [0.3, 0.4) is 0 Å². The number of anilines is 1. The number of benzene rings is 1. The monoisotopic (exact) mass is 216 g/mol. The molecule has 0 aromatic heterocycles. The molecule has 16 heavy (non-hydrogen) atoms. The Kier molecular flexibility index (Phi) is 4.10. The summed E-state index contributed by atoms with van der Waals surface area (Å²) < 4.78 is 4.49. The van der Waals surface area contributed by atoms with Crippen molar-refractivity contribution in [3.8, 4) is 6.07 Å². The second-order valence-electron chi connectivity index (χ2n) is 3.16. The summed E-state index contributed by atoms with van der Waals surface area (Å²) in [5, 5.41) is 8.86. The van der Waals surface area contributed by atoms with Crippen LogP contribution in [0.5, 0.6) is 0 Å². The van der Waals surface area contributed by atoms with Gasteiger partial charge in [0.05, 0.1) is 19.6 Å². The first-order chi connectivity index (χ1) is 7.67. The fraction of sp³-hybridized carbons (Fsp3) is 0.167. The number of carbonyl (C=O) groups excluding carboxylic acids is 1. The van der Waals surface area contributed by atoms with E-state index in [0.717, 1.165) is 5.56 Å². The van der Waals surface area contributed by atoms with Crippen molar-refractivity contribution in [2.24, 2.45) is 0 Å². The van der Waals surface area contributed by atoms with Crippen LogP contribution in [0.2, 0.25) is 0 Å². The summed E-state index contributed by atoms with van der Waals surface area (Å²) in [5.41, 5.74) is 7.34. The molecule has 0 heterocycles. The second kappa shape index (κ2) is 5.56. The lowest BCUT2D eigenvalue weighted by Gasteiger charge is -2.01. The quantitative estimate of drug-likeness (QED) is 0.474. The fourth-order valence-corrected chi connectivity index (χ4v) is 1.18. The average molecular weight is 216 g/mol. The maximum absolute atomic E-state index is 11.0. The first kappa shape index (κ1) is 11.8. The van der Waals surface area contributed by atoms with Crippen molar-refractivity contribution in [3.05, 3.63) is 35.4 Å². The highest BCUT2D eigenvalue weighted by molar-refractivity contribution is 5.78. The average Bonchev–Trinajstić information content (AvgIpc) is 2.30. The van der Waals surface area contributed by atoms with Gasteiger partial charge in [0, 0.05) is 11.3 Å². The van der Waals surface area contributed by atoms with Crippen LogP contribution in [0, 0.1) is 11.3 Å². The van der Waals surface area contributed by atoms with Crippen LogP contribution in [-0.4, -0.2) is 13.1 Å². The first-order valence-electron chi connectivity index (χ1n) is 4.69. The molecule has 0 saturated carbocycles.